The second kappa shape index (κ2) is 7.64. The van der Waals surface area contributed by atoms with Gasteiger partial charge in [0.15, 0.2) is 0 Å². The fraction of sp³-hybridized carbons (Fsp3) is 0.867. The third-order valence-corrected chi connectivity index (χ3v) is 4.64. The lowest BCUT2D eigenvalue weighted by Crippen LogP contribution is -2.46. The van der Waals surface area contributed by atoms with Crippen LogP contribution in [0.5, 0.6) is 0 Å². The molecule has 0 saturated carbocycles. The van der Waals surface area contributed by atoms with Crippen LogP contribution in [0.15, 0.2) is 0 Å². The van der Waals surface area contributed by atoms with E-state index in [1.54, 1.807) is 0 Å². The molecule has 0 aliphatic carbocycles. The number of hydrogen-bond donors (Lipinski definition) is 2. The summed E-state index contributed by atoms with van der Waals surface area (Å²) in [5.74, 6) is -0.898. The normalized spacial score (nSPS) is 26.8. The lowest BCUT2D eigenvalue weighted by Gasteiger charge is -2.33. The first kappa shape index (κ1) is 16.1. The van der Waals surface area contributed by atoms with E-state index in [9.17, 15) is 9.59 Å². The van der Waals surface area contributed by atoms with Gasteiger partial charge in [-0.3, -0.25) is 0 Å². The molecule has 2 aliphatic heterocycles. The van der Waals surface area contributed by atoms with E-state index in [4.69, 9.17) is 5.11 Å². The summed E-state index contributed by atoms with van der Waals surface area (Å²) >= 11 is 0. The number of nitrogens with one attached hydrogen (secondary N) is 1. The molecular weight excluding hydrogens is 270 g/mol. The van der Waals surface area contributed by atoms with Gasteiger partial charge in [-0.2, -0.15) is 0 Å². The van der Waals surface area contributed by atoms with Gasteiger partial charge >= 0.3 is 12.0 Å². The number of carboxylic acids is 1. The molecule has 2 fully saturated rings. The van der Waals surface area contributed by atoms with Gasteiger partial charge in [0, 0.05) is 25.7 Å². The summed E-state index contributed by atoms with van der Waals surface area (Å²) in [4.78, 5) is 27.0. The number of hydrogen-bond acceptors (Lipinski definition) is 3. The number of piperidine rings is 1. The minimum atomic E-state index is -0.898. The minimum Gasteiger partial charge on any atom is -0.480 e. The number of urea groups is 1. The van der Waals surface area contributed by atoms with Gasteiger partial charge in [-0.25, -0.2) is 9.59 Å². The number of carboxylic acid groups (broad SMARTS) is 1. The van der Waals surface area contributed by atoms with Gasteiger partial charge in [-0.15, -0.1) is 0 Å². The van der Waals surface area contributed by atoms with E-state index in [2.05, 4.69) is 17.1 Å². The van der Waals surface area contributed by atoms with Crippen molar-refractivity contribution >= 4 is 12.0 Å². The molecule has 0 aromatic rings. The summed E-state index contributed by atoms with van der Waals surface area (Å²) in [5, 5.41) is 11.9. The van der Waals surface area contributed by atoms with Crippen molar-refractivity contribution in [2.45, 2.75) is 57.5 Å². The second-order valence-corrected chi connectivity index (χ2v) is 6.16. The summed E-state index contributed by atoms with van der Waals surface area (Å²) in [6, 6.07) is -0.233. The number of nitrogens with zero attached hydrogens (tertiary/aromatic N) is 2. The molecule has 6 heteroatoms. The summed E-state index contributed by atoms with van der Waals surface area (Å²) in [5.41, 5.74) is 0. The van der Waals surface area contributed by atoms with E-state index in [1.807, 2.05) is 0 Å². The van der Waals surface area contributed by atoms with E-state index in [0.717, 1.165) is 25.9 Å². The quantitative estimate of drug-likeness (QED) is 0.755. The van der Waals surface area contributed by atoms with Crippen LogP contribution in [0, 0.1) is 0 Å². The standard InChI is InChI=1S/C15H27N3O3/c1-12-6-2-3-9-17(12)10-5-8-16-15(21)18-11-4-7-13(18)14(19)20/h12-13H,2-11H2,1H3,(H,16,21)(H,19,20). The number of aliphatic carboxylic acids is 1. The third kappa shape index (κ3) is 4.33. The van der Waals surface area contributed by atoms with Crippen LogP contribution in [0.2, 0.25) is 0 Å². The maximum Gasteiger partial charge on any atom is 0.326 e. The Labute approximate surface area is 126 Å². The Hall–Kier alpha value is -1.30. The smallest absolute Gasteiger partial charge is 0.326 e. The van der Waals surface area contributed by atoms with Gasteiger partial charge in [0.25, 0.3) is 0 Å². The number of rotatable bonds is 5. The van der Waals surface area contributed by atoms with E-state index in [1.165, 1.54) is 24.2 Å². The molecule has 0 aromatic carbocycles. The molecule has 2 heterocycles. The van der Waals surface area contributed by atoms with Crippen molar-refractivity contribution in [3.63, 3.8) is 0 Å². The highest BCUT2D eigenvalue weighted by atomic mass is 16.4. The molecule has 0 bridgehead atoms. The summed E-state index contributed by atoms with van der Waals surface area (Å²) in [7, 11) is 0. The van der Waals surface area contributed by atoms with Crippen molar-refractivity contribution in [1.82, 2.24) is 15.1 Å². The number of likely N-dealkylation sites (tertiary alicyclic amines) is 2. The zero-order valence-corrected chi connectivity index (χ0v) is 12.9. The number of carbonyl (C=O) groups is 2. The van der Waals surface area contributed by atoms with Crippen molar-refractivity contribution in [2.24, 2.45) is 0 Å². The van der Waals surface area contributed by atoms with Crippen LogP contribution in [0.3, 0.4) is 0 Å². The predicted molar refractivity (Wildman–Crippen MR) is 80.3 cm³/mol. The van der Waals surface area contributed by atoms with Gasteiger partial charge in [0.1, 0.15) is 6.04 Å². The molecule has 2 amide bonds. The van der Waals surface area contributed by atoms with Crippen molar-refractivity contribution in [1.29, 1.82) is 0 Å². The molecule has 2 N–H and O–H groups in total. The zero-order valence-electron chi connectivity index (χ0n) is 12.9. The Morgan fingerprint density at radius 3 is 2.71 bits per heavy atom. The highest BCUT2D eigenvalue weighted by Gasteiger charge is 2.33. The Morgan fingerprint density at radius 1 is 1.19 bits per heavy atom. The summed E-state index contributed by atoms with van der Waals surface area (Å²) in [6.45, 7) is 5.59. The summed E-state index contributed by atoms with van der Waals surface area (Å²) in [6.07, 6.45) is 6.11. The van der Waals surface area contributed by atoms with E-state index in [-0.39, 0.29) is 6.03 Å². The maximum absolute atomic E-state index is 12.0. The highest BCUT2D eigenvalue weighted by Crippen LogP contribution is 2.18. The topological polar surface area (TPSA) is 72.9 Å². The molecule has 2 aliphatic rings. The van der Waals surface area contributed by atoms with Gasteiger partial charge in [0.2, 0.25) is 0 Å². The van der Waals surface area contributed by atoms with Crippen molar-refractivity contribution in [2.75, 3.05) is 26.2 Å². The molecule has 2 rings (SSSR count). The molecule has 120 valence electrons. The van der Waals surface area contributed by atoms with Gasteiger partial charge in [0.05, 0.1) is 0 Å². The molecule has 2 atom stereocenters. The number of amides is 2. The molecule has 0 aromatic heterocycles. The Balaban J connectivity index is 1.66. The lowest BCUT2D eigenvalue weighted by atomic mass is 10.0. The first-order valence-corrected chi connectivity index (χ1v) is 8.11. The highest BCUT2D eigenvalue weighted by molar-refractivity contribution is 5.83. The average molecular weight is 297 g/mol. The van der Waals surface area contributed by atoms with E-state index < -0.39 is 12.0 Å². The molecular formula is C15H27N3O3. The van der Waals surface area contributed by atoms with Gasteiger partial charge < -0.3 is 20.2 Å². The first-order valence-electron chi connectivity index (χ1n) is 8.11. The van der Waals surface area contributed by atoms with E-state index >= 15 is 0 Å². The van der Waals surface area contributed by atoms with Crippen LogP contribution < -0.4 is 5.32 Å². The Kier molecular flexibility index (Phi) is 5.85. The van der Waals surface area contributed by atoms with Crippen molar-refractivity contribution in [3.05, 3.63) is 0 Å². The predicted octanol–water partition coefficient (Wildman–Crippen LogP) is 1.51. The zero-order chi connectivity index (χ0) is 15.2. The minimum absolute atomic E-state index is 0.230. The Morgan fingerprint density at radius 2 is 2.00 bits per heavy atom. The molecule has 0 radical (unpaired) electrons. The SMILES string of the molecule is CC1CCCCN1CCCNC(=O)N1CCCC1C(=O)O. The third-order valence-electron chi connectivity index (χ3n) is 4.64. The van der Waals surface area contributed by atoms with Crippen LogP contribution >= 0.6 is 0 Å². The average Bonchev–Trinajstić information content (AvgIpc) is 2.95. The van der Waals surface area contributed by atoms with Crippen LogP contribution in [-0.4, -0.2) is 65.2 Å². The second-order valence-electron chi connectivity index (χ2n) is 6.16. The molecule has 21 heavy (non-hydrogen) atoms. The van der Waals surface area contributed by atoms with Crippen molar-refractivity contribution in [3.8, 4) is 0 Å². The first-order chi connectivity index (χ1) is 10.1. The lowest BCUT2D eigenvalue weighted by molar-refractivity contribution is -0.141. The fourth-order valence-electron chi connectivity index (χ4n) is 3.34. The van der Waals surface area contributed by atoms with Crippen LogP contribution in [0.4, 0.5) is 4.79 Å². The molecule has 2 unspecified atom stereocenters. The maximum atomic E-state index is 12.0. The Bertz CT molecular complexity index is 375. The largest absolute Gasteiger partial charge is 0.480 e. The van der Waals surface area contributed by atoms with Crippen LogP contribution in [0.1, 0.15) is 45.4 Å². The van der Waals surface area contributed by atoms with Crippen LogP contribution in [0.25, 0.3) is 0 Å². The fourth-order valence-corrected chi connectivity index (χ4v) is 3.34. The molecule has 0 spiro atoms. The van der Waals surface area contributed by atoms with Gasteiger partial charge in [-0.1, -0.05) is 6.42 Å². The van der Waals surface area contributed by atoms with Crippen LogP contribution in [-0.2, 0) is 4.79 Å². The number of carbonyl (C=O) groups excluding carboxylic acids is 1. The van der Waals surface area contributed by atoms with E-state index in [0.29, 0.717) is 25.6 Å². The summed E-state index contributed by atoms with van der Waals surface area (Å²) < 4.78 is 0. The van der Waals surface area contributed by atoms with Gasteiger partial charge in [-0.05, 0) is 45.6 Å². The van der Waals surface area contributed by atoms with Crippen molar-refractivity contribution < 1.29 is 14.7 Å². The molecule has 2 saturated heterocycles. The monoisotopic (exact) mass is 297 g/mol. The molecule has 6 nitrogen and oxygen atoms in total.